The highest BCUT2D eigenvalue weighted by Crippen LogP contribution is 2.30. The van der Waals surface area contributed by atoms with Crippen molar-refractivity contribution in [3.63, 3.8) is 0 Å². The molecule has 0 spiro atoms. The van der Waals surface area contributed by atoms with Gasteiger partial charge < -0.3 is 9.57 Å². The molecule has 0 saturated heterocycles. The number of hydrogen-bond donors (Lipinski definition) is 0. The van der Waals surface area contributed by atoms with E-state index in [1.54, 1.807) is 19.1 Å². The molecule has 0 saturated carbocycles. The summed E-state index contributed by atoms with van der Waals surface area (Å²) in [5.74, 6) is -2.23. The van der Waals surface area contributed by atoms with E-state index < -0.39 is 17.6 Å². The first-order valence-electron chi connectivity index (χ1n) is 5.30. The molecule has 96 valence electrons. The lowest BCUT2D eigenvalue weighted by molar-refractivity contribution is -0.210. The largest absolute Gasteiger partial charge is 0.420 e. The van der Waals surface area contributed by atoms with Crippen LogP contribution in [0.4, 0.5) is 4.39 Å². The van der Waals surface area contributed by atoms with Crippen molar-refractivity contribution in [2.45, 2.75) is 26.1 Å². The molecule has 0 aromatic heterocycles. The number of halogens is 2. The number of ether oxygens (including phenoxy) is 1. The Bertz CT molecular complexity index is 532. The quantitative estimate of drug-likeness (QED) is 0.777. The third kappa shape index (κ3) is 2.46. The number of carbonyl (C=O) groups is 1. The van der Waals surface area contributed by atoms with Crippen molar-refractivity contribution in [1.82, 2.24) is 0 Å². The molecule has 1 aromatic carbocycles. The molecule has 0 N–H and O–H groups in total. The summed E-state index contributed by atoms with van der Waals surface area (Å²) in [7, 11) is 0. The molecule has 0 aliphatic carbocycles. The molecule has 18 heavy (non-hydrogen) atoms. The van der Waals surface area contributed by atoms with Crippen LogP contribution in [-0.2, 0) is 14.4 Å². The van der Waals surface area contributed by atoms with Gasteiger partial charge in [0.1, 0.15) is 0 Å². The average molecular weight is 272 g/mol. The lowest BCUT2D eigenvalue weighted by Crippen LogP contribution is -2.31. The van der Waals surface area contributed by atoms with E-state index in [-0.39, 0.29) is 17.0 Å². The minimum absolute atomic E-state index is 0.0105. The number of hydrogen-bond acceptors (Lipinski definition) is 4. The van der Waals surface area contributed by atoms with Crippen molar-refractivity contribution in [2.75, 3.05) is 0 Å². The van der Waals surface area contributed by atoms with E-state index in [2.05, 4.69) is 5.16 Å². The summed E-state index contributed by atoms with van der Waals surface area (Å²) in [4.78, 5) is 16.0. The normalized spacial score (nSPS) is 22.3. The smallest absolute Gasteiger partial charge is 0.305 e. The van der Waals surface area contributed by atoms with Gasteiger partial charge in [-0.15, -0.1) is 0 Å². The van der Waals surface area contributed by atoms with Gasteiger partial charge in [0.15, 0.2) is 5.82 Å². The Kier molecular flexibility index (Phi) is 3.26. The predicted octanol–water partition coefficient (Wildman–Crippen LogP) is 2.88. The highest BCUT2D eigenvalue weighted by atomic mass is 35.5. The molecule has 2 rings (SSSR count). The van der Waals surface area contributed by atoms with E-state index >= 15 is 0 Å². The van der Waals surface area contributed by atoms with Gasteiger partial charge in [-0.2, -0.15) is 0 Å². The Labute approximate surface area is 108 Å². The van der Waals surface area contributed by atoms with E-state index in [4.69, 9.17) is 21.2 Å². The molecule has 0 bridgehead atoms. The van der Waals surface area contributed by atoms with E-state index in [0.717, 1.165) is 0 Å². The van der Waals surface area contributed by atoms with Crippen molar-refractivity contribution in [1.29, 1.82) is 0 Å². The molecule has 1 aliphatic rings. The number of nitrogens with zero attached hydrogens (tertiary/aromatic N) is 1. The fourth-order valence-electron chi connectivity index (χ4n) is 1.75. The van der Waals surface area contributed by atoms with Crippen LogP contribution >= 0.6 is 11.6 Å². The Morgan fingerprint density at radius 2 is 2.33 bits per heavy atom. The van der Waals surface area contributed by atoms with Gasteiger partial charge in [-0.3, -0.25) is 4.79 Å². The number of esters is 1. The second kappa shape index (κ2) is 4.57. The van der Waals surface area contributed by atoms with Gasteiger partial charge in [-0.1, -0.05) is 22.8 Å². The standard InChI is InChI=1S/C12H11ClFNO3/c1-7(16)17-12(2)6-10(15-18-12)8-4-3-5-9(13)11(8)14/h3-5H,6H2,1-2H3. The zero-order valence-electron chi connectivity index (χ0n) is 9.87. The van der Waals surface area contributed by atoms with Crippen LogP contribution in [0.25, 0.3) is 0 Å². The van der Waals surface area contributed by atoms with Crippen molar-refractivity contribution in [2.24, 2.45) is 5.16 Å². The summed E-state index contributed by atoms with van der Waals surface area (Å²) in [6, 6.07) is 4.61. The SMILES string of the molecule is CC(=O)OC1(C)CC(c2cccc(Cl)c2F)=NO1. The number of benzene rings is 1. The zero-order valence-corrected chi connectivity index (χ0v) is 10.6. The average Bonchev–Trinajstić information content (AvgIpc) is 2.63. The number of carbonyl (C=O) groups excluding carboxylic acids is 1. The Hall–Kier alpha value is -1.62. The Morgan fingerprint density at radius 1 is 1.61 bits per heavy atom. The van der Waals surface area contributed by atoms with Crippen molar-refractivity contribution >= 4 is 23.3 Å². The summed E-state index contributed by atoms with van der Waals surface area (Å²) in [6.45, 7) is 2.83. The molecule has 0 radical (unpaired) electrons. The van der Waals surface area contributed by atoms with Crippen LogP contribution in [0.1, 0.15) is 25.8 Å². The summed E-state index contributed by atoms with van der Waals surface area (Å²) in [5, 5.41) is 3.77. The van der Waals surface area contributed by atoms with Gasteiger partial charge in [0, 0.05) is 19.4 Å². The van der Waals surface area contributed by atoms with E-state index in [1.165, 1.54) is 13.0 Å². The fraction of sp³-hybridized carbons (Fsp3) is 0.333. The maximum Gasteiger partial charge on any atom is 0.305 e. The van der Waals surface area contributed by atoms with Gasteiger partial charge >= 0.3 is 5.97 Å². The van der Waals surface area contributed by atoms with Crippen LogP contribution in [0, 0.1) is 5.82 Å². The lowest BCUT2D eigenvalue weighted by atomic mass is 10.0. The molecule has 1 aliphatic heterocycles. The van der Waals surface area contributed by atoms with Gasteiger partial charge in [0.05, 0.1) is 17.2 Å². The van der Waals surface area contributed by atoms with Gasteiger partial charge in [-0.25, -0.2) is 4.39 Å². The van der Waals surface area contributed by atoms with Crippen molar-refractivity contribution in [3.05, 3.63) is 34.6 Å². The summed E-state index contributed by atoms with van der Waals surface area (Å²) in [5.41, 5.74) is 0.608. The first-order valence-corrected chi connectivity index (χ1v) is 5.68. The first-order chi connectivity index (χ1) is 8.41. The van der Waals surface area contributed by atoms with E-state index in [0.29, 0.717) is 5.71 Å². The summed E-state index contributed by atoms with van der Waals surface area (Å²) >= 11 is 5.69. The second-order valence-electron chi connectivity index (χ2n) is 4.13. The molecular formula is C12H11ClFNO3. The lowest BCUT2D eigenvalue weighted by Gasteiger charge is -2.20. The Balaban J connectivity index is 2.23. The van der Waals surface area contributed by atoms with Crippen LogP contribution < -0.4 is 0 Å². The molecule has 0 fully saturated rings. The van der Waals surface area contributed by atoms with E-state index in [1.807, 2.05) is 0 Å². The molecule has 6 heteroatoms. The highest BCUT2D eigenvalue weighted by molar-refractivity contribution is 6.31. The molecule has 1 atom stereocenters. The van der Waals surface area contributed by atoms with Crippen LogP contribution in [0.2, 0.25) is 5.02 Å². The van der Waals surface area contributed by atoms with E-state index in [9.17, 15) is 9.18 Å². The van der Waals surface area contributed by atoms with Gasteiger partial charge in [0.2, 0.25) is 0 Å². The topological polar surface area (TPSA) is 47.9 Å². The maximum absolute atomic E-state index is 13.8. The maximum atomic E-state index is 13.8. The Morgan fingerprint density at radius 3 is 3.00 bits per heavy atom. The third-order valence-electron chi connectivity index (χ3n) is 2.46. The zero-order chi connectivity index (χ0) is 13.3. The minimum atomic E-state index is -1.18. The van der Waals surface area contributed by atoms with Crippen LogP contribution in [0.15, 0.2) is 23.4 Å². The monoisotopic (exact) mass is 271 g/mol. The number of oxime groups is 1. The molecule has 0 amide bonds. The molecule has 1 heterocycles. The number of rotatable bonds is 2. The molecule has 4 nitrogen and oxygen atoms in total. The highest BCUT2D eigenvalue weighted by Gasteiger charge is 2.38. The van der Waals surface area contributed by atoms with Gasteiger partial charge in [0.25, 0.3) is 5.79 Å². The molecular weight excluding hydrogens is 261 g/mol. The molecule has 1 aromatic rings. The summed E-state index contributed by atoms with van der Waals surface area (Å²) in [6.07, 6.45) is 0.170. The second-order valence-corrected chi connectivity index (χ2v) is 4.54. The minimum Gasteiger partial charge on any atom is -0.420 e. The van der Waals surface area contributed by atoms with Crippen LogP contribution in [0.5, 0.6) is 0 Å². The molecule has 1 unspecified atom stereocenters. The fourth-order valence-corrected chi connectivity index (χ4v) is 1.92. The van der Waals surface area contributed by atoms with Crippen LogP contribution in [0.3, 0.4) is 0 Å². The first kappa shape index (κ1) is 12.8. The van der Waals surface area contributed by atoms with Crippen LogP contribution in [-0.4, -0.2) is 17.5 Å². The third-order valence-corrected chi connectivity index (χ3v) is 2.75. The summed E-state index contributed by atoms with van der Waals surface area (Å²) < 4.78 is 18.8. The predicted molar refractivity (Wildman–Crippen MR) is 63.8 cm³/mol. The van der Waals surface area contributed by atoms with Gasteiger partial charge in [-0.05, 0) is 12.1 Å². The van der Waals surface area contributed by atoms with Crippen molar-refractivity contribution in [3.8, 4) is 0 Å². The van der Waals surface area contributed by atoms with Crippen molar-refractivity contribution < 1.29 is 18.8 Å².